The maximum Gasteiger partial charge on any atom is 0.252 e. The van der Waals surface area contributed by atoms with Crippen LogP contribution in [0.1, 0.15) is 54.9 Å². The lowest BCUT2D eigenvalue weighted by atomic mass is 9.84. The van der Waals surface area contributed by atoms with Crippen molar-refractivity contribution in [2.45, 2.75) is 51.6 Å². The Labute approximate surface area is 264 Å². The topological polar surface area (TPSA) is 89.1 Å². The van der Waals surface area contributed by atoms with Crippen LogP contribution in [-0.4, -0.2) is 108 Å². The van der Waals surface area contributed by atoms with Crippen LogP contribution in [0.25, 0.3) is 21.5 Å². The van der Waals surface area contributed by atoms with Crippen LogP contribution in [0.3, 0.4) is 0 Å². The largest absolute Gasteiger partial charge is 0.349 e. The molecule has 1 unspecified atom stereocenters. The van der Waals surface area contributed by atoms with Gasteiger partial charge in [0.05, 0.1) is 34.7 Å². The summed E-state index contributed by atoms with van der Waals surface area (Å²) < 4.78 is 0. The second-order valence-electron chi connectivity index (χ2n) is 12.7. The molecule has 0 radical (unpaired) electrons. The van der Waals surface area contributed by atoms with Gasteiger partial charge < -0.3 is 20.0 Å². The van der Waals surface area contributed by atoms with Gasteiger partial charge in [-0.25, -0.2) is 4.98 Å². The molecule has 4 heterocycles. The molecule has 9 nitrogen and oxygen atoms in total. The summed E-state index contributed by atoms with van der Waals surface area (Å²) >= 11 is 1.61. The van der Waals surface area contributed by atoms with E-state index in [-0.39, 0.29) is 36.9 Å². The molecular weight excluding hydrogens is 572 g/mol. The number of carbonyl (C=O) groups is 3. The van der Waals surface area contributed by atoms with Crippen molar-refractivity contribution in [3.05, 3.63) is 52.9 Å². The van der Waals surface area contributed by atoms with Gasteiger partial charge in [0, 0.05) is 62.8 Å². The van der Waals surface area contributed by atoms with E-state index >= 15 is 0 Å². The number of thiophene rings is 1. The van der Waals surface area contributed by atoms with Gasteiger partial charge in [-0.2, -0.15) is 0 Å². The first kappa shape index (κ1) is 30.7. The molecule has 2 aliphatic heterocycles. The summed E-state index contributed by atoms with van der Waals surface area (Å²) in [5.74, 6) is 0.379. The molecule has 0 bridgehead atoms. The summed E-state index contributed by atoms with van der Waals surface area (Å²) in [6.07, 6.45) is 6.01. The number of benzene rings is 1. The number of likely N-dealkylation sites (N-methyl/N-ethyl adjacent to an activating group) is 1. The van der Waals surface area contributed by atoms with Crippen molar-refractivity contribution in [3.8, 4) is 10.6 Å². The predicted molar refractivity (Wildman–Crippen MR) is 174 cm³/mol. The van der Waals surface area contributed by atoms with E-state index in [0.29, 0.717) is 44.2 Å². The average Bonchev–Trinajstić information content (AvgIpc) is 3.57. The Bertz CT molecular complexity index is 1480. The Balaban J connectivity index is 1.25. The third kappa shape index (κ3) is 6.82. The van der Waals surface area contributed by atoms with Crippen molar-refractivity contribution in [2.24, 2.45) is 5.92 Å². The van der Waals surface area contributed by atoms with E-state index in [4.69, 9.17) is 4.98 Å². The summed E-state index contributed by atoms with van der Waals surface area (Å²) in [6.45, 7) is 7.11. The average molecular weight is 617 g/mol. The molecule has 1 atom stereocenters. The SMILES string of the molecule is CC(NC(=O)c1c(CN2CCN(CC(=O)N3CCN(C)CC3)C(=O)C2)c(-c2cccs2)nc2ccccc12)C1CCCCC1. The molecule has 2 aromatic heterocycles. The van der Waals surface area contributed by atoms with Gasteiger partial charge in [-0.1, -0.05) is 43.5 Å². The van der Waals surface area contributed by atoms with Crippen molar-refractivity contribution < 1.29 is 14.4 Å². The first-order valence-electron chi connectivity index (χ1n) is 16.1. The first-order valence-corrected chi connectivity index (χ1v) is 17.0. The molecule has 1 aliphatic carbocycles. The van der Waals surface area contributed by atoms with Crippen LogP contribution >= 0.6 is 11.3 Å². The zero-order valence-electron chi connectivity index (χ0n) is 26.0. The van der Waals surface area contributed by atoms with Crippen molar-refractivity contribution in [1.29, 1.82) is 0 Å². The zero-order chi connectivity index (χ0) is 30.6. The maximum absolute atomic E-state index is 14.2. The minimum Gasteiger partial charge on any atom is -0.349 e. The number of pyridine rings is 1. The van der Waals surface area contributed by atoms with Gasteiger partial charge in [-0.05, 0) is 50.2 Å². The zero-order valence-corrected chi connectivity index (χ0v) is 26.8. The summed E-state index contributed by atoms with van der Waals surface area (Å²) in [4.78, 5) is 54.5. The third-order valence-electron chi connectivity index (χ3n) is 9.65. The van der Waals surface area contributed by atoms with Crippen molar-refractivity contribution in [1.82, 2.24) is 29.9 Å². The lowest BCUT2D eigenvalue weighted by Gasteiger charge is -2.37. The molecule has 0 spiro atoms. The van der Waals surface area contributed by atoms with Crippen LogP contribution in [0, 0.1) is 5.92 Å². The number of para-hydroxylation sites is 1. The quantitative estimate of drug-likeness (QED) is 0.411. The molecule has 1 saturated carbocycles. The van der Waals surface area contributed by atoms with E-state index in [2.05, 4.69) is 29.1 Å². The number of carbonyl (C=O) groups excluding carboxylic acids is 3. The van der Waals surface area contributed by atoms with Crippen LogP contribution in [0.4, 0.5) is 0 Å². The molecule has 3 aliphatic rings. The smallest absolute Gasteiger partial charge is 0.252 e. The number of rotatable bonds is 8. The Morgan fingerprint density at radius 2 is 1.77 bits per heavy atom. The molecule has 1 aromatic carbocycles. The number of amides is 3. The van der Waals surface area contributed by atoms with E-state index in [9.17, 15) is 14.4 Å². The molecule has 3 fully saturated rings. The van der Waals surface area contributed by atoms with Crippen LogP contribution in [0.5, 0.6) is 0 Å². The van der Waals surface area contributed by atoms with Crippen molar-refractivity contribution in [3.63, 3.8) is 0 Å². The van der Waals surface area contributed by atoms with Gasteiger partial charge in [-0.15, -0.1) is 11.3 Å². The predicted octanol–water partition coefficient (Wildman–Crippen LogP) is 4.08. The standard InChI is InChI=1S/C34H44N6O3S/c1-24(25-9-4-3-5-10-25)35-34(43)32-26-11-6-7-12-28(26)36-33(29-13-8-20-44-29)27(32)21-38-16-19-40(30(41)22-38)23-31(42)39-17-14-37(2)15-18-39/h6-8,11-13,20,24-25H,3-5,9-10,14-19,21-23H2,1-2H3,(H,35,43). The molecule has 1 N–H and O–H groups in total. The van der Waals surface area contributed by atoms with Gasteiger partial charge in [0.2, 0.25) is 11.8 Å². The number of hydrogen-bond donors (Lipinski definition) is 1. The fourth-order valence-corrected chi connectivity index (χ4v) is 7.66. The molecule has 44 heavy (non-hydrogen) atoms. The van der Waals surface area contributed by atoms with Crippen LogP contribution < -0.4 is 5.32 Å². The number of fused-ring (bicyclic) bond motifs is 1. The minimum absolute atomic E-state index is 0.0182. The van der Waals surface area contributed by atoms with Crippen LogP contribution in [0.15, 0.2) is 41.8 Å². The highest BCUT2D eigenvalue weighted by Gasteiger charge is 2.31. The lowest BCUT2D eigenvalue weighted by Crippen LogP contribution is -2.55. The van der Waals surface area contributed by atoms with Crippen molar-refractivity contribution >= 4 is 40.0 Å². The molecule has 6 rings (SSSR count). The Morgan fingerprint density at radius 1 is 1.00 bits per heavy atom. The van der Waals surface area contributed by atoms with E-state index in [1.165, 1.54) is 19.3 Å². The van der Waals surface area contributed by atoms with Crippen molar-refractivity contribution in [2.75, 3.05) is 59.4 Å². The highest BCUT2D eigenvalue weighted by molar-refractivity contribution is 7.13. The van der Waals surface area contributed by atoms with E-state index < -0.39 is 0 Å². The van der Waals surface area contributed by atoms with Gasteiger partial charge in [0.1, 0.15) is 0 Å². The Kier molecular flexibility index (Phi) is 9.59. The number of nitrogens with one attached hydrogen (secondary N) is 1. The van der Waals surface area contributed by atoms with E-state index in [1.807, 2.05) is 46.7 Å². The fraction of sp³-hybridized carbons (Fsp3) is 0.529. The normalized spacial score (nSPS) is 19.8. The highest BCUT2D eigenvalue weighted by atomic mass is 32.1. The maximum atomic E-state index is 14.2. The second kappa shape index (κ2) is 13.7. The van der Waals surface area contributed by atoms with Gasteiger partial charge in [0.25, 0.3) is 5.91 Å². The number of nitrogens with zero attached hydrogens (tertiary/aromatic N) is 5. The summed E-state index contributed by atoms with van der Waals surface area (Å²) in [5, 5.41) is 6.24. The summed E-state index contributed by atoms with van der Waals surface area (Å²) in [7, 11) is 2.06. The molecule has 234 valence electrons. The Morgan fingerprint density at radius 3 is 2.50 bits per heavy atom. The van der Waals surface area contributed by atoms with E-state index in [0.717, 1.165) is 53.0 Å². The van der Waals surface area contributed by atoms with Crippen LogP contribution in [-0.2, 0) is 16.1 Å². The van der Waals surface area contributed by atoms with E-state index in [1.54, 1.807) is 16.2 Å². The van der Waals surface area contributed by atoms with Gasteiger partial charge in [0.15, 0.2) is 0 Å². The monoisotopic (exact) mass is 616 g/mol. The number of aromatic nitrogens is 1. The minimum atomic E-state index is -0.0720. The molecule has 3 aromatic rings. The Hall–Kier alpha value is -3.34. The summed E-state index contributed by atoms with van der Waals surface area (Å²) in [6, 6.07) is 12.0. The molecule has 2 saturated heterocycles. The summed E-state index contributed by atoms with van der Waals surface area (Å²) in [5.41, 5.74) is 3.10. The van der Waals surface area contributed by atoms with Crippen LogP contribution in [0.2, 0.25) is 0 Å². The number of hydrogen-bond acceptors (Lipinski definition) is 7. The third-order valence-corrected chi connectivity index (χ3v) is 10.5. The van der Waals surface area contributed by atoms with Gasteiger partial charge >= 0.3 is 0 Å². The molecule has 3 amide bonds. The number of piperazine rings is 2. The second-order valence-corrected chi connectivity index (χ2v) is 13.6. The molecular formula is C34H44N6O3S. The van der Waals surface area contributed by atoms with Gasteiger partial charge in [-0.3, -0.25) is 19.3 Å². The molecule has 10 heteroatoms. The fourth-order valence-electron chi connectivity index (χ4n) is 6.91. The highest BCUT2D eigenvalue weighted by Crippen LogP contribution is 2.34. The first-order chi connectivity index (χ1) is 21.4. The lowest BCUT2D eigenvalue weighted by molar-refractivity contribution is -0.144.